The van der Waals surface area contributed by atoms with E-state index in [4.69, 9.17) is 0 Å². The largest absolute Gasteiger partial charge is 0.380 e. The first-order valence-electron chi connectivity index (χ1n) is 7.25. The number of anilines is 2. The van der Waals surface area contributed by atoms with E-state index in [1.165, 1.54) is 36.2 Å². The molecule has 0 aromatic heterocycles. The summed E-state index contributed by atoms with van der Waals surface area (Å²) in [5.74, 6) is -0.231. The van der Waals surface area contributed by atoms with E-state index < -0.39 is 0 Å². The van der Waals surface area contributed by atoms with E-state index in [0.717, 1.165) is 23.2 Å². The van der Waals surface area contributed by atoms with Crippen molar-refractivity contribution < 1.29 is 4.39 Å². The second-order valence-electron chi connectivity index (χ2n) is 5.34. The summed E-state index contributed by atoms with van der Waals surface area (Å²) in [6, 6.07) is 13.3. The highest BCUT2D eigenvalue weighted by atomic mass is 79.9. The molecule has 1 aliphatic heterocycles. The number of rotatable bonds is 4. The Balaban J connectivity index is 1.64. The van der Waals surface area contributed by atoms with Crippen molar-refractivity contribution in [3.8, 4) is 0 Å². The maximum absolute atomic E-state index is 13.2. The van der Waals surface area contributed by atoms with Gasteiger partial charge in [0, 0.05) is 29.8 Å². The van der Waals surface area contributed by atoms with Gasteiger partial charge in [-0.1, -0.05) is 12.1 Å². The summed E-state index contributed by atoms with van der Waals surface area (Å²) in [5, 5.41) is 3.26. The Morgan fingerprint density at radius 3 is 2.48 bits per heavy atom. The second kappa shape index (κ2) is 6.48. The van der Waals surface area contributed by atoms with Crippen molar-refractivity contribution in [2.45, 2.75) is 19.4 Å². The maximum Gasteiger partial charge on any atom is 0.125 e. The van der Waals surface area contributed by atoms with Crippen molar-refractivity contribution in [2.24, 2.45) is 0 Å². The lowest BCUT2D eigenvalue weighted by Crippen LogP contribution is -2.17. The fraction of sp³-hybridized carbons (Fsp3) is 0.294. The summed E-state index contributed by atoms with van der Waals surface area (Å²) in [4.78, 5) is 2.42. The number of hydrogen-bond donors (Lipinski definition) is 1. The molecule has 0 spiro atoms. The van der Waals surface area contributed by atoms with E-state index in [1.54, 1.807) is 6.07 Å². The van der Waals surface area contributed by atoms with Gasteiger partial charge in [0.15, 0.2) is 0 Å². The first-order chi connectivity index (χ1) is 10.2. The van der Waals surface area contributed by atoms with Gasteiger partial charge in [-0.2, -0.15) is 0 Å². The molecule has 1 saturated heterocycles. The molecule has 0 amide bonds. The van der Waals surface area contributed by atoms with Crippen molar-refractivity contribution >= 4 is 27.3 Å². The van der Waals surface area contributed by atoms with Gasteiger partial charge < -0.3 is 10.2 Å². The fourth-order valence-corrected chi connectivity index (χ4v) is 3.02. The van der Waals surface area contributed by atoms with Gasteiger partial charge in [0.2, 0.25) is 0 Å². The van der Waals surface area contributed by atoms with Crippen LogP contribution in [-0.2, 0) is 6.54 Å². The normalized spacial score (nSPS) is 14.5. The van der Waals surface area contributed by atoms with Gasteiger partial charge in [-0.05, 0) is 64.7 Å². The highest BCUT2D eigenvalue weighted by Crippen LogP contribution is 2.24. The van der Waals surface area contributed by atoms with Crippen LogP contribution in [0.5, 0.6) is 0 Å². The van der Waals surface area contributed by atoms with E-state index in [1.807, 2.05) is 0 Å². The molecule has 110 valence electrons. The van der Waals surface area contributed by atoms with Crippen LogP contribution in [0.1, 0.15) is 18.4 Å². The first kappa shape index (κ1) is 14.4. The van der Waals surface area contributed by atoms with Gasteiger partial charge in [0.25, 0.3) is 0 Å². The van der Waals surface area contributed by atoms with Crippen molar-refractivity contribution in [1.29, 1.82) is 0 Å². The Morgan fingerprint density at radius 2 is 1.76 bits per heavy atom. The minimum Gasteiger partial charge on any atom is -0.380 e. The Kier molecular flexibility index (Phi) is 4.44. The quantitative estimate of drug-likeness (QED) is 0.853. The molecule has 0 bridgehead atoms. The van der Waals surface area contributed by atoms with E-state index in [-0.39, 0.29) is 5.82 Å². The number of benzene rings is 2. The van der Waals surface area contributed by atoms with Crippen LogP contribution in [0.3, 0.4) is 0 Å². The molecule has 3 rings (SSSR count). The summed E-state index contributed by atoms with van der Waals surface area (Å²) < 4.78 is 14.1. The van der Waals surface area contributed by atoms with Crippen LogP contribution in [0.4, 0.5) is 15.8 Å². The van der Waals surface area contributed by atoms with Gasteiger partial charge in [0.05, 0.1) is 5.69 Å². The monoisotopic (exact) mass is 348 g/mol. The SMILES string of the molecule is Fc1ccc(Br)c(NCc2ccc(N3CCCC3)cc2)c1. The molecule has 21 heavy (non-hydrogen) atoms. The van der Waals surface area contributed by atoms with Crippen molar-refractivity contribution in [2.75, 3.05) is 23.3 Å². The zero-order valence-electron chi connectivity index (χ0n) is 11.8. The third-order valence-electron chi connectivity index (χ3n) is 3.82. The number of hydrogen-bond acceptors (Lipinski definition) is 2. The molecule has 1 aliphatic rings. The minimum absolute atomic E-state index is 0.231. The van der Waals surface area contributed by atoms with Gasteiger partial charge in [-0.25, -0.2) is 4.39 Å². The third-order valence-corrected chi connectivity index (χ3v) is 4.51. The number of nitrogens with zero attached hydrogens (tertiary/aromatic N) is 1. The lowest BCUT2D eigenvalue weighted by atomic mass is 10.2. The minimum atomic E-state index is -0.231. The Morgan fingerprint density at radius 1 is 1.05 bits per heavy atom. The molecule has 1 fully saturated rings. The molecule has 0 aliphatic carbocycles. The molecule has 0 unspecified atom stereocenters. The summed E-state index contributed by atoms with van der Waals surface area (Å²) in [7, 11) is 0. The predicted octanol–water partition coefficient (Wildman–Crippen LogP) is 4.80. The topological polar surface area (TPSA) is 15.3 Å². The molecule has 2 aromatic rings. The van der Waals surface area contributed by atoms with Crippen LogP contribution >= 0.6 is 15.9 Å². The molecule has 0 atom stereocenters. The van der Waals surface area contributed by atoms with E-state index in [9.17, 15) is 4.39 Å². The van der Waals surface area contributed by atoms with Crippen LogP contribution in [0.25, 0.3) is 0 Å². The van der Waals surface area contributed by atoms with Crippen LogP contribution in [0.2, 0.25) is 0 Å². The van der Waals surface area contributed by atoms with Gasteiger partial charge >= 0.3 is 0 Å². The van der Waals surface area contributed by atoms with E-state index >= 15 is 0 Å². The molecule has 4 heteroatoms. The third kappa shape index (κ3) is 3.56. The molecular weight excluding hydrogens is 331 g/mol. The molecule has 1 N–H and O–H groups in total. The predicted molar refractivity (Wildman–Crippen MR) is 89.3 cm³/mol. The van der Waals surface area contributed by atoms with Crippen LogP contribution < -0.4 is 10.2 Å². The standard InChI is InChI=1S/C17H18BrFN2/c18-16-8-5-14(19)11-17(16)20-12-13-3-6-15(7-4-13)21-9-1-2-10-21/h3-8,11,20H,1-2,9-10,12H2. The Hall–Kier alpha value is -1.55. The molecule has 1 heterocycles. The Labute approximate surface area is 133 Å². The van der Waals surface area contributed by atoms with Crippen molar-refractivity contribution in [1.82, 2.24) is 0 Å². The van der Waals surface area contributed by atoms with Gasteiger partial charge in [-0.3, -0.25) is 0 Å². The Bertz CT molecular complexity index is 607. The highest BCUT2D eigenvalue weighted by Gasteiger charge is 2.11. The van der Waals surface area contributed by atoms with Crippen LogP contribution in [-0.4, -0.2) is 13.1 Å². The zero-order chi connectivity index (χ0) is 14.7. The highest BCUT2D eigenvalue weighted by molar-refractivity contribution is 9.10. The summed E-state index contributed by atoms with van der Waals surface area (Å²) >= 11 is 3.42. The van der Waals surface area contributed by atoms with E-state index in [2.05, 4.69) is 50.4 Å². The van der Waals surface area contributed by atoms with Crippen molar-refractivity contribution in [3.05, 3.63) is 58.3 Å². The molecule has 2 nitrogen and oxygen atoms in total. The average Bonchev–Trinajstić information content (AvgIpc) is 3.03. The molecular formula is C17H18BrFN2. The lowest BCUT2D eigenvalue weighted by molar-refractivity contribution is 0.628. The van der Waals surface area contributed by atoms with Crippen LogP contribution in [0.15, 0.2) is 46.9 Å². The first-order valence-corrected chi connectivity index (χ1v) is 8.04. The lowest BCUT2D eigenvalue weighted by Gasteiger charge is -2.18. The van der Waals surface area contributed by atoms with Gasteiger partial charge in [0.1, 0.15) is 5.82 Å². The van der Waals surface area contributed by atoms with Crippen LogP contribution in [0, 0.1) is 5.82 Å². The smallest absolute Gasteiger partial charge is 0.125 e. The van der Waals surface area contributed by atoms with Gasteiger partial charge in [-0.15, -0.1) is 0 Å². The molecule has 0 radical (unpaired) electrons. The molecule has 2 aromatic carbocycles. The summed E-state index contributed by atoms with van der Waals surface area (Å²) in [5.41, 5.74) is 3.26. The summed E-state index contributed by atoms with van der Waals surface area (Å²) in [6.45, 7) is 3.00. The zero-order valence-corrected chi connectivity index (χ0v) is 13.4. The number of halogens is 2. The fourth-order valence-electron chi connectivity index (χ4n) is 2.63. The maximum atomic E-state index is 13.2. The number of nitrogens with one attached hydrogen (secondary N) is 1. The second-order valence-corrected chi connectivity index (χ2v) is 6.19. The van der Waals surface area contributed by atoms with Crippen molar-refractivity contribution in [3.63, 3.8) is 0 Å². The van der Waals surface area contributed by atoms with E-state index in [0.29, 0.717) is 6.54 Å². The summed E-state index contributed by atoms with van der Waals surface area (Å²) in [6.07, 6.45) is 2.58. The average molecular weight is 349 g/mol. The molecule has 0 saturated carbocycles.